The summed E-state index contributed by atoms with van der Waals surface area (Å²) in [6, 6.07) is 15.6. The molecule has 6 aromatic rings. The van der Waals surface area contributed by atoms with Gasteiger partial charge in [0.25, 0.3) is 11.6 Å². The van der Waals surface area contributed by atoms with E-state index in [0.29, 0.717) is 13.1 Å². The molecule has 0 saturated carbocycles. The number of nitrogens with two attached hydrogens (primary N) is 1. The Morgan fingerprint density at radius 1 is 0.676 bits per heavy atom. The van der Waals surface area contributed by atoms with Crippen LogP contribution in [0.5, 0.6) is 0 Å². The van der Waals surface area contributed by atoms with Crippen molar-refractivity contribution in [2.24, 2.45) is 48.4 Å². The molecule has 4 heterocycles. The van der Waals surface area contributed by atoms with Crippen molar-refractivity contribution in [2.45, 2.75) is 127 Å². The van der Waals surface area contributed by atoms with Gasteiger partial charge in [0.15, 0.2) is 11.6 Å². The highest BCUT2D eigenvalue weighted by atomic mass is 35.5. The minimum Gasteiger partial charge on any atom is -0.424 e. The van der Waals surface area contributed by atoms with Gasteiger partial charge in [-0.1, -0.05) is 84.9 Å². The Kier molecular flexibility index (Phi) is 18.2. The predicted molar refractivity (Wildman–Crippen MR) is 271 cm³/mol. The van der Waals surface area contributed by atoms with E-state index in [1.54, 1.807) is 0 Å². The fourth-order valence-electron chi connectivity index (χ4n) is 9.83. The summed E-state index contributed by atoms with van der Waals surface area (Å²) in [4.78, 5) is 51.8. The van der Waals surface area contributed by atoms with Gasteiger partial charge in [-0.2, -0.15) is 9.13 Å². The summed E-state index contributed by atoms with van der Waals surface area (Å²) in [7, 11) is 4.10. The lowest BCUT2D eigenvalue weighted by molar-refractivity contribution is -0.733. The van der Waals surface area contributed by atoms with Crippen LogP contribution in [0.1, 0.15) is 111 Å². The number of esters is 2. The molecular weight excluding hydrogens is 925 g/mol. The maximum absolute atomic E-state index is 13.5. The Bertz CT molecular complexity index is 2770. The number of carbonyl (C=O) groups excluding carboxylic acids is 4. The van der Waals surface area contributed by atoms with Crippen molar-refractivity contribution in [1.82, 2.24) is 18.3 Å². The fourth-order valence-corrected chi connectivity index (χ4v) is 9.83. The molecule has 2 aliphatic carbocycles. The van der Waals surface area contributed by atoms with Crippen molar-refractivity contribution in [3.63, 3.8) is 0 Å². The third-order valence-corrected chi connectivity index (χ3v) is 14.1. The second kappa shape index (κ2) is 22.2. The van der Waals surface area contributed by atoms with E-state index in [9.17, 15) is 19.2 Å². The number of carbonyl (C=O) groups is 4. The summed E-state index contributed by atoms with van der Waals surface area (Å²) in [6.45, 7) is 19.5. The number of rotatable bonds is 11. The highest BCUT2D eigenvalue weighted by Crippen LogP contribution is 2.36. The minimum atomic E-state index is -0.680. The van der Waals surface area contributed by atoms with Crippen LogP contribution in [0.3, 0.4) is 0 Å². The van der Waals surface area contributed by atoms with E-state index >= 15 is 0 Å². The number of benzene rings is 2. The van der Waals surface area contributed by atoms with E-state index in [2.05, 4.69) is 64.3 Å². The van der Waals surface area contributed by atoms with Gasteiger partial charge in [0.05, 0.1) is 17.8 Å². The van der Waals surface area contributed by atoms with Gasteiger partial charge in [-0.05, 0) is 55.1 Å². The summed E-state index contributed by atoms with van der Waals surface area (Å²) in [5.74, 6) is 1.51. The van der Waals surface area contributed by atoms with Gasteiger partial charge in [0.2, 0.25) is 13.5 Å². The van der Waals surface area contributed by atoms with Gasteiger partial charge in [0, 0.05) is 72.3 Å². The molecule has 13 nitrogen and oxygen atoms in total. The number of hydrogen-bond donors (Lipinski definition) is 1. The van der Waals surface area contributed by atoms with Crippen LogP contribution in [-0.4, -0.2) is 47.8 Å². The van der Waals surface area contributed by atoms with Crippen molar-refractivity contribution in [1.29, 1.82) is 0 Å². The number of imidazole rings is 2. The van der Waals surface area contributed by atoms with Crippen LogP contribution in [0, 0.1) is 42.4 Å². The first-order valence-electron chi connectivity index (χ1n) is 23.1. The van der Waals surface area contributed by atoms with Gasteiger partial charge in [-0.15, -0.1) is 37.2 Å². The van der Waals surface area contributed by atoms with Crippen molar-refractivity contribution in [3.05, 3.63) is 107 Å². The van der Waals surface area contributed by atoms with E-state index in [0.717, 1.165) is 88.1 Å². The number of halogens is 3. The zero-order valence-corrected chi connectivity index (χ0v) is 44.0. The molecule has 0 amide bonds. The molecule has 0 spiro atoms. The SMILES string of the molecule is CC[C@H](C(=O)OC[n+]1ccn(CC2CCc3c(c4ccccc4n3C)C2=O)c1C)C(C)(C)C.Cc1n(CC2CCc3c(c4ccccc4n3C)C2=O)cc[n+]1COC(=O)[C@@H](N)C(C)(C)C.Cl.Cl.Cl. The van der Waals surface area contributed by atoms with E-state index in [1.807, 2.05) is 113 Å². The van der Waals surface area contributed by atoms with E-state index in [-0.39, 0.29) is 96.8 Å². The van der Waals surface area contributed by atoms with Crippen molar-refractivity contribution >= 4 is 82.5 Å². The van der Waals surface area contributed by atoms with Crippen LogP contribution in [0.4, 0.5) is 0 Å². The molecule has 0 saturated heterocycles. The molecule has 2 unspecified atom stereocenters. The molecule has 0 radical (unpaired) electrons. The summed E-state index contributed by atoms with van der Waals surface area (Å²) in [5.41, 5.74) is 11.8. The lowest BCUT2D eigenvalue weighted by atomic mass is 9.79. The standard InChI is InChI=1S/C27H36N3O3.C25H33N4O3.3ClH/c1-7-21(27(3,4)5)26(32)33-17-30-15-14-29(18(30)2)16-19-12-13-23-24(25(19)31)20-10-8-9-11-22(20)28(23)6;1-16-28(12-13-29(16)15-32-24(31)23(26)25(2,3)4)14-17-10-11-20-21(22(17)30)18-8-6-7-9-19(18)27(20)5;;;/h8-11,14-15,19,21H,7,12-13,16-17H2,1-6H3;6-9,12-13,17,23H,10-11,14-15,26H2,1-5H3;3*1H/q2*+1;;;/t19?,21-;17?,23-;;;/m11.../s1. The first kappa shape index (κ1) is 55.6. The molecule has 0 fully saturated rings. The number of hydrogen-bond acceptors (Lipinski definition) is 7. The fraction of sp³-hybridized carbons (Fsp3) is 0.500. The number of nitrogens with zero attached hydrogens (tertiary/aromatic N) is 6. The Labute approximate surface area is 419 Å². The molecule has 370 valence electrons. The normalized spacial score (nSPS) is 16.6. The van der Waals surface area contributed by atoms with Gasteiger partial charge in [-0.3, -0.25) is 19.2 Å². The first-order chi connectivity index (χ1) is 30.7. The molecule has 4 aromatic heterocycles. The largest absolute Gasteiger partial charge is 0.424 e. The number of aryl methyl sites for hydroxylation is 2. The topological polar surface area (TPSA) is 140 Å². The van der Waals surface area contributed by atoms with Crippen LogP contribution < -0.4 is 14.9 Å². The maximum atomic E-state index is 13.5. The number of Topliss-reactive ketones (excluding diaryl/α,β-unsaturated/α-hetero) is 2. The molecule has 2 aromatic carbocycles. The highest BCUT2D eigenvalue weighted by molar-refractivity contribution is 6.12. The number of fused-ring (bicyclic) bond motifs is 6. The summed E-state index contributed by atoms with van der Waals surface area (Å²) in [6.07, 6.45) is 11.9. The molecule has 2 N–H and O–H groups in total. The quantitative estimate of drug-likeness (QED) is 0.101. The Balaban J connectivity index is 0.000000284. The average Bonchev–Trinajstić information content (AvgIpc) is 3.98. The van der Waals surface area contributed by atoms with Gasteiger partial charge < -0.3 is 24.3 Å². The van der Waals surface area contributed by atoms with E-state index in [4.69, 9.17) is 15.2 Å². The molecule has 0 bridgehead atoms. The van der Waals surface area contributed by atoms with Crippen LogP contribution in [-0.2, 0) is 72.6 Å². The minimum absolute atomic E-state index is 0. The molecule has 8 rings (SSSR count). The van der Waals surface area contributed by atoms with E-state index in [1.165, 1.54) is 0 Å². The van der Waals surface area contributed by atoms with Crippen LogP contribution in [0.2, 0.25) is 0 Å². The van der Waals surface area contributed by atoms with Crippen molar-refractivity contribution in [3.8, 4) is 0 Å². The van der Waals surface area contributed by atoms with Gasteiger partial charge >= 0.3 is 11.9 Å². The average molecular weight is 998 g/mol. The number of aromatic nitrogens is 6. The van der Waals surface area contributed by atoms with Crippen molar-refractivity contribution < 1.29 is 37.8 Å². The second-order valence-corrected chi connectivity index (χ2v) is 20.3. The predicted octanol–water partition coefficient (Wildman–Crippen LogP) is 8.75. The third-order valence-electron chi connectivity index (χ3n) is 14.1. The van der Waals surface area contributed by atoms with Gasteiger partial charge in [-0.25, -0.2) is 9.13 Å². The highest BCUT2D eigenvalue weighted by Gasteiger charge is 2.37. The molecule has 0 aliphatic heterocycles. The Hall–Kier alpha value is -4.95. The molecule has 4 atom stereocenters. The molecule has 2 aliphatic rings. The number of ether oxygens (including phenoxy) is 2. The lowest BCUT2D eigenvalue weighted by Crippen LogP contribution is -2.46. The summed E-state index contributed by atoms with van der Waals surface area (Å²) in [5, 5.41) is 2.10. The monoisotopic (exact) mass is 995 g/mol. The van der Waals surface area contributed by atoms with E-state index < -0.39 is 12.0 Å². The third kappa shape index (κ3) is 11.1. The molecule has 68 heavy (non-hydrogen) atoms. The summed E-state index contributed by atoms with van der Waals surface area (Å²) >= 11 is 0. The summed E-state index contributed by atoms with van der Waals surface area (Å²) < 4.78 is 23.4. The number of ketones is 2. The second-order valence-electron chi connectivity index (χ2n) is 20.3. The zero-order chi connectivity index (χ0) is 47.1. The van der Waals surface area contributed by atoms with Crippen molar-refractivity contribution in [2.75, 3.05) is 0 Å². The van der Waals surface area contributed by atoms with Crippen LogP contribution in [0.25, 0.3) is 21.8 Å². The zero-order valence-electron chi connectivity index (χ0n) is 41.5. The lowest BCUT2D eigenvalue weighted by Gasteiger charge is -2.27. The van der Waals surface area contributed by atoms with Crippen LogP contribution >= 0.6 is 37.2 Å². The Morgan fingerprint density at radius 2 is 1.07 bits per heavy atom. The Morgan fingerprint density at radius 3 is 1.46 bits per heavy atom. The smallest absolute Gasteiger partial charge is 0.326 e. The maximum Gasteiger partial charge on any atom is 0.326 e. The molecular formula is C52H72Cl3N7O6+2. The van der Waals surface area contributed by atoms with Gasteiger partial charge in [0.1, 0.15) is 43.9 Å². The molecule has 16 heteroatoms. The number of para-hydroxylation sites is 2. The van der Waals surface area contributed by atoms with Crippen LogP contribution in [0.15, 0.2) is 73.3 Å². The first-order valence-corrected chi connectivity index (χ1v) is 23.1.